The second kappa shape index (κ2) is 7.16. The molecule has 0 atom stereocenters. The van der Waals surface area contributed by atoms with Gasteiger partial charge in [0.05, 0.1) is 5.56 Å². The zero-order valence-electron chi connectivity index (χ0n) is 14.5. The third-order valence-corrected chi connectivity index (χ3v) is 6.62. The Hall–Kier alpha value is -2.26. The fourth-order valence-electron chi connectivity index (χ4n) is 3.12. The van der Waals surface area contributed by atoms with E-state index in [-0.39, 0.29) is 35.4 Å². The highest BCUT2D eigenvalue weighted by Gasteiger charge is 2.34. The number of benzene rings is 1. The number of sulfonamides is 1. The standard InChI is InChI=1S/C17H20FN3O4S/c1-11-16(12(2)25-20-11)26(23,24)21-9-7-13(8-10-21)19-17(22)14-5-3-4-6-15(14)18/h3-6,13H,7-10H2,1-2H3,(H,19,22). The first-order valence-corrected chi connectivity index (χ1v) is 9.73. The number of nitrogens with one attached hydrogen (secondary N) is 1. The molecule has 1 aliphatic rings. The molecular formula is C17H20FN3O4S. The number of carbonyl (C=O) groups excluding carboxylic acids is 1. The van der Waals surface area contributed by atoms with E-state index in [2.05, 4.69) is 10.5 Å². The summed E-state index contributed by atoms with van der Waals surface area (Å²) in [6.07, 6.45) is 0.894. The minimum absolute atomic E-state index is 0.0155. The quantitative estimate of drug-likeness (QED) is 0.875. The molecule has 0 aliphatic carbocycles. The maximum atomic E-state index is 13.7. The highest BCUT2D eigenvalue weighted by Crippen LogP contribution is 2.26. The van der Waals surface area contributed by atoms with Crippen molar-refractivity contribution in [2.75, 3.05) is 13.1 Å². The van der Waals surface area contributed by atoms with Crippen LogP contribution in [-0.4, -0.2) is 42.9 Å². The summed E-state index contributed by atoms with van der Waals surface area (Å²) in [5, 5.41) is 6.47. The van der Waals surface area contributed by atoms with E-state index in [1.165, 1.54) is 22.5 Å². The number of nitrogens with zero attached hydrogens (tertiary/aromatic N) is 2. The van der Waals surface area contributed by atoms with Crippen LogP contribution in [0.4, 0.5) is 4.39 Å². The summed E-state index contributed by atoms with van der Waals surface area (Å²) in [5.74, 6) is -0.809. The first-order chi connectivity index (χ1) is 12.3. The average Bonchev–Trinajstić information content (AvgIpc) is 2.95. The number of aromatic nitrogens is 1. The second-order valence-corrected chi connectivity index (χ2v) is 8.16. The van der Waals surface area contributed by atoms with Crippen LogP contribution in [0.3, 0.4) is 0 Å². The molecule has 0 saturated carbocycles. The second-order valence-electron chi connectivity index (χ2n) is 6.28. The van der Waals surface area contributed by atoms with Gasteiger partial charge < -0.3 is 9.84 Å². The Balaban J connectivity index is 1.64. The lowest BCUT2D eigenvalue weighted by Gasteiger charge is -2.31. The van der Waals surface area contributed by atoms with Crippen molar-refractivity contribution in [3.63, 3.8) is 0 Å². The van der Waals surface area contributed by atoms with Crippen molar-refractivity contribution in [1.82, 2.24) is 14.8 Å². The first kappa shape index (κ1) is 18.5. The van der Waals surface area contributed by atoms with Gasteiger partial charge in [-0.1, -0.05) is 17.3 Å². The smallest absolute Gasteiger partial charge is 0.254 e. The van der Waals surface area contributed by atoms with Crippen molar-refractivity contribution in [1.29, 1.82) is 0 Å². The molecule has 1 aliphatic heterocycles. The van der Waals surface area contributed by atoms with Gasteiger partial charge in [0.25, 0.3) is 5.91 Å². The summed E-state index contributed by atoms with van der Waals surface area (Å²) in [4.78, 5) is 12.3. The van der Waals surface area contributed by atoms with Gasteiger partial charge in [-0.3, -0.25) is 4.79 Å². The molecule has 1 aromatic heterocycles. The first-order valence-electron chi connectivity index (χ1n) is 8.29. The van der Waals surface area contributed by atoms with Gasteiger partial charge in [0.15, 0.2) is 5.76 Å². The maximum Gasteiger partial charge on any atom is 0.254 e. The molecule has 2 heterocycles. The van der Waals surface area contributed by atoms with E-state index in [1.54, 1.807) is 19.9 Å². The Bertz CT molecular complexity index is 898. The fourth-order valence-corrected chi connectivity index (χ4v) is 4.88. The SMILES string of the molecule is Cc1noc(C)c1S(=O)(=O)N1CCC(NC(=O)c2ccccc2F)CC1. The average molecular weight is 381 g/mol. The minimum Gasteiger partial charge on any atom is -0.360 e. The van der Waals surface area contributed by atoms with Crippen molar-refractivity contribution < 1.29 is 22.1 Å². The van der Waals surface area contributed by atoms with Crippen LogP contribution in [0.5, 0.6) is 0 Å². The summed E-state index contributed by atoms with van der Waals surface area (Å²) < 4.78 is 45.6. The maximum absolute atomic E-state index is 13.7. The molecule has 0 spiro atoms. The van der Waals surface area contributed by atoms with Crippen molar-refractivity contribution in [2.45, 2.75) is 37.6 Å². The molecule has 1 N–H and O–H groups in total. The normalized spacial score (nSPS) is 16.6. The predicted molar refractivity (Wildman–Crippen MR) is 91.6 cm³/mol. The largest absolute Gasteiger partial charge is 0.360 e. The molecule has 1 fully saturated rings. The van der Waals surface area contributed by atoms with Crippen LogP contribution in [0, 0.1) is 19.7 Å². The van der Waals surface area contributed by atoms with Gasteiger partial charge in [0.1, 0.15) is 16.4 Å². The van der Waals surface area contributed by atoms with Gasteiger partial charge in [-0.15, -0.1) is 0 Å². The molecular weight excluding hydrogens is 361 g/mol. The topological polar surface area (TPSA) is 92.5 Å². The summed E-state index contributed by atoms with van der Waals surface area (Å²) in [7, 11) is -3.69. The summed E-state index contributed by atoms with van der Waals surface area (Å²) in [6.45, 7) is 3.67. The molecule has 1 aromatic carbocycles. The minimum atomic E-state index is -3.69. The number of carbonyl (C=O) groups is 1. The number of rotatable bonds is 4. The van der Waals surface area contributed by atoms with Gasteiger partial charge in [0, 0.05) is 19.1 Å². The van der Waals surface area contributed by atoms with Crippen molar-refractivity contribution >= 4 is 15.9 Å². The highest BCUT2D eigenvalue weighted by molar-refractivity contribution is 7.89. The molecule has 0 unspecified atom stereocenters. The molecule has 7 nitrogen and oxygen atoms in total. The zero-order valence-corrected chi connectivity index (χ0v) is 15.3. The monoisotopic (exact) mass is 381 g/mol. The third-order valence-electron chi connectivity index (χ3n) is 4.47. The number of hydrogen-bond donors (Lipinski definition) is 1. The molecule has 3 rings (SSSR count). The lowest BCUT2D eigenvalue weighted by Crippen LogP contribution is -2.46. The predicted octanol–water partition coefficient (Wildman–Crippen LogP) is 2.01. The molecule has 2 aromatic rings. The highest BCUT2D eigenvalue weighted by atomic mass is 32.2. The molecule has 1 saturated heterocycles. The summed E-state index contributed by atoms with van der Waals surface area (Å²) in [6, 6.07) is 5.55. The van der Waals surface area contributed by atoms with Gasteiger partial charge in [-0.2, -0.15) is 4.31 Å². The van der Waals surface area contributed by atoms with E-state index in [0.717, 1.165) is 0 Å². The molecule has 0 radical (unpaired) electrons. The number of hydrogen-bond acceptors (Lipinski definition) is 5. The summed E-state index contributed by atoms with van der Waals surface area (Å²) in [5.41, 5.74) is 0.316. The van der Waals surface area contributed by atoms with Gasteiger partial charge in [-0.25, -0.2) is 12.8 Å². The molecule has 1 amide bonds. The number of piperidine rings is 1. The molecule has 140 valence electrons. The number of halogens is 1. The lowest BCUT2D eigenvalue weighted by atomic mass is 10.1. The van der Waals surface area contributed by atoms with Crippen LogP contribution < -0.4 is 5.32 Å². The lowest BCUT2D eigenvalue weighted by molar-refractivity contribution is 0.0920. The van der Waals surface area contributed by atoms with Gasteiger partial charge >= 0.3 is 0 Å². The van der Waals surface area contributed by atoms with Crippen molar-refractivity contribution in [3.8, 4) is 0 Å². The van der Waals surface area contributed by atoms with Crippen molar-refractivity contribution in [2.24, 2.45) is 0 Å². The van der Waals surface area contributed by atoms with Crippen LogP contribution >= 0.6 is 0 Å². The van der Waals surface area contributed by atoms with Crippen molar-refractivity contribution in [3.05, 3.63) is 47.1 Å². The molecule has 26 heavy (non-hydrogen) atoms. The molecule has 0 bridgehead atoms. The van der Waals surface area contributed by atoms with E-state index in [1.807, 2.05) is 0 Å². The Morgan fingerprint density at radius 1 is 1.27 bits per heavy atom. The fraction of sp³-hybridized carbons (Fsp3) is 0.412. The Kier molecular flexibility index (Phi) is 5.10. The summed E-state index contributed by atoms with van der Waals surface area (Å²) >= 11 is 0. The van der Waals surface area contributed by atoms with E-state index >= 15 is 0 Å². The van der Waals surface area contributed by atoms with Crippen LogP contribution in [0.15, 0.2) is 33.7 Å². The molecule has 9 heteroatoms. The van der Waals surface area contributed by atoms with Crippen LogP contribution in [-0.2, 0) is 10.0 Å². The van der Waals surface area contributed by atoms with E-state index < -0.39 is 21.7 Å². The Morgan fingerprint density at radius 3 is 2.50 bits per heavy atom. The van der Waals surface area contributed by atoms with E-state index in [0.29, 0.717) is 18.5 Å². The van der Waals surface area contributed by atoms with Gasteiger partial charge in [0.2, 0.25) is 10.0 Å². The number of amides is 1. The Morgan fingerprint density at radius 2 is 1.92 bits per heavy atom. The van der Waals surface area contributed by atoms with Crippen LogP contribution in [0.1, 0.15) is 34.7 Å². The van der Waals surface area contributed by atoms with Gasteiger partial charge in [-0.05, 0) is 38.8 Å². The van der Waals surface area contributed by atoms with Crippen LogP contribution in [0.2, 0.25) is 0 Å². The van der Waals surface area contributed by atoms with Crippen LogP contribution in [0.25, 0.3) is 0 Å². The number of aryl methyl sites for hydroxylation is 2. The van der Waals surface area contributed by atoms with E-state index in [4.69, 9.17) is 4.52 Å². The third kappa shape index (κ3) is 3.49. The Labute approximate surface area is 151 Å². The zero-order chi connectivity index (χ0) is 18.9. The van der Waals surface area contributed by atoms with E-state index in [9.17, 15) is 17.6 Å².